The lowest BCUT2D eigenvalue weighted by atomic mass is 10.1. The zero-order valence-corrected chi connectivity index (χ0v) is 13.2. The summed E-state index contributed by atoms with van der Waals surface area (Å²) in [5.74, 6) is 0.156. The summed E-state index contributed by atoms with van der Waals surface area (Å²) in [6.07, 6.45) is 2.79. The smallest absolute Gasteiger partial charge is 0.230 e. The summed E-state index contributed by atoms with van der Waals surface area (Å²) in [5.41, 5.74) is 1.26. The molecule has 0 spiro atoms. The van der Waals surface area contributed by atoms with Crippen molar-refractivity contribution < 1.29 is 9.13 Å². The standard InChI is InChI=1S/C16H19FN6O/c17-14-7-12(21-16-19-10-18-11-20-16)1-2-15(14)23-5-3-22(4-6-23)13-8-24-9-13/h1-2,7,10-11,13H,3-6,8-9H2,(H,18,19,20,21). The van der Waals surface area contributed by atoms with Crippen LogP contribution in [0.3, 0.4) is 0 Å². The fourth-order valence-corrected chi connectivity index (χ4v) is 3.04. The Kier molecular flexibility index (Phi) is 4.22. The quantitative estimate of drug-likeness (QED) is 0.906. The molecule has 0 radical (unpaired) electrons. The zero-order valence-electron chi connectivity index (χ0n) is 13.2. The Balaban J connectivity index is 1.41. The molecule has 3 heterocycles. The number of benzene rings is 1. The van der Waals surface area contributed by atoms with Crippen LogP contribution in [0.5, 0.6) is 0 Å². The lowest BCUT2D eigenvalue weighted by Gasteiger charge is -2.43. The van der Waals surface area contributed by atoms with Crippen molar-refractivity contribution in [3.8, 4) is 0 Å². The fourth-order valence-electron chi connectivity index (χ4n) is 3.04. The lowest BCUT2D eigenvalue weighted by Crippen LogP contribution is -2.56. The van der Waals surface area contributed by atoms with Gasteiger partial charge >= 0.3 is 0 Å². The molecular formula is C16H19FN6O. The van der Waals surface area contributed by atoms with Crippen LogP contribution < -0.4 is 10.2 Å². The van der Waals surface area contributed by atoms with Crippen LogP contribution in [-0.4, -0.2) is 65.3 Å². The third-order valence-corrected chi connectivity index (χ3v) is 4.49. The highest BCUT2D eigenvalue weighted by Gasteiger charge is 2.29. The van der Waals surface area contributed by atoms with E-state index in [1.807, 2.05) is 6.07 Å². The fraction of sp³-hybridized carbons (Fsp3) is 0.438. The second-order valence-electron chi connectivity index (χ2n) is 5.97. The molecule has 0 amide bonds. The number of hydrogen-bond acceptors (Lipinski definition) is 7. The Morgan fingerprint density at radius 2 is 1.83 bits per heavy atom. The van der Waals surface area contributed by atoms with E-state index in [0.29, 0.717) is 23.4 Å². The van der Waals surface area contributed by atoms with E-state index in [1.54, 1.807) is 6.07 Å². The van der Waals surface area contributed by atoms with Gasteiger partial charge in [0.05, 0.1) is 24.9 Å². The first-order chi connectivity index (χ1) is 11.8. The number of nitrogens with zero attached hydrogens (tertiary/aromatic N) is 5. The van der Waals surface area contributed by atoms with Crippen LogP contribution in [0.1, 0.15) is 0 Å². The Morgan fingerprint density at radius 3 is 2.46 bits per heavy atom. The average Bonchev–Trinajstić information content (AvgIpc) is 2.55. The number of anilines is 3. The molecule has 7 nitrogen and oxygen atoms in total. The Hall–Kier alpha value is -2.32. The SMILES string of the molecule is Fc1cc(Nc2ncncn2)ccc1N1CCN(C2COC2)CC1. The molecule has 0 aliphatic carbocycles. The summed E-state index contributed by atoms with van der Waals surface area (Å²) in [6, 6.07) is 5.67. The van der Waals surface area contributed by atoms with Gasteiger partial charge in [0, 0.05) is 31.9 Å². The number of piperazine rings is 1. The molecule has 1 aromatic carbocycles. The summed E-state index contributed by atoms with van der Waals surface area (Å²) in [7, 11) is 0. The molecule has 2 aromatic rings. The monoisotopic (exact) mass is 330 g/mol. The third-order valence-electron chi connectivity index (χ3n) is 4.49. The van der Waals surface area contributed by atoms with Crippen LogP contribution in [0.25, 0.3) is 0 Å². The molecule has 1 N–H and O–H groups in total. The average molecular weight is 330 g/mol. The van der Waals surface area contributed by atoms with Gasteiger partial charge in [-0.1, -0.05) is 0 Å². The van der Waals surface area contributed by atoms with Gasteiger partial charge in [0.2, 0.25) is 5.95 Å². The third kappa shape index (κ3) is 3.15. The lowest BCUT2D eigenvalue weighted by molar-refractivity contribution is -0.0660. The van der Waals surface area contributed by atoms with Crippen molar-refractivity contribution in [2.75, 3.05) is 49.6 Å². The molecule has 0 unspecified atom stereocenters. The minimum atomic E-state index is -0.241. The van der Waals surface area contributed by atoms with Crippen LogP contribution in [0.2, 0.25) is 0 Å². The second kappa shape index (κ2) is 6.66. The van der Waals surface area contributed by atoms with Gasteiger partial charge in [-0.2, -0.15) is 0 Å². The molecule has 4 rings (SSSR count). The molecular weight excluding hydrogens is 311 g/mol. The first-order valence-electron chi connectivity index (χ1n) is 8.05. The van der Waals surface area contributed by atoms with Crippen LogP contribution in [0, 0.1) is 5.82 Å². The van der Waals surface area contributed by atoms with E-state index in [9.17, 15) is 4.39 Å². The summed E-state index contributed by atoms with van der Waals surface area (Å²) < 4.78 is 19.7. The van der Waals surface area contributed by atoms with Crippen molar-refractivity contribution >= 4 is 17.3 Å². The normalized spacial score (nSPS) is 19.1. The van der Waals surface area contributed by atoms with E-state index < -0.39 is 0 Å². The van der Waals surface area contributed by atoms with Gasteiger partial charge in [-0.25, -0.2) is 19.3 Å². The van der Waals surface area contributed by atoms with Crippen molar-refractivity contribution in [1.82, 2.24) is 19.9 Å². The molecule has 0 saturated carbocycles. The van der Waals surface area contributed by atoms with Gasteiger partial charge in [0.25, 0.3) is 0 Å². The molecule has 2 fully saturated rings. The maximum Gasteiger partial charge on any atom is 0.230 e. The second-order valence-corrected chi connectivity index (χ2v) is 5.97. The largest absolute Gasteiger partial charge is 0.378 e. The first-order valence-corrected chi connectivity index (χ1v) is 8.05. The van der Waals surface area contributed by atoms with Crippen LogP contribution in [-0.2, 0) is 4.74 Å². The molecule has 8 heteroatoms. The van der Waals surface area contributed by atoms with Crippen LogP contribution >= 0.6 is 0 Å². The van der Waals surface area contributed by atoms with E-state index in [4.69, 9.17) is 4.74 Å². The van der Waals surface area contributed by atoms with Gasteiger partial charge in [-0.3, -0.25) is 4.90 Å². The van der Waals surface area contributed by atoms with E-state index in [-0.39, 0.29) is 5.82 Å². The van der Waals surface area contributed by atoms with Crippen molar-refractivity contribution in [1.29, 1.82) is 0 Å². The van der Waals surface area contributed by atoms with E-state index in [0.717, 1.165) is 39.4 Å². The molecule has 1 aromatic heterocycles. The van der Waals surface area contributed by atoms with E-state index >= 15 is 0 Å². The van der Waals surface area contributed by atoms with E-state index in [2.05, 4.69) is 30.1 Å². The van der Waals surface area contributed by atoms with Gasteiger partial charge < -0.3 is 15.0 Å². The van der Waals surface area contributed by atoms with Crippen molar-refractivity contribution in [3.63, 3.8) is 0 Å². The summed E-state index contributed by atoms with van der Waals surface area (Å²) >= 11 is 0. The molecule has 0 atom stereocenters. The number of aromatic nitrogens is 3. The molecule has 24 heavy (non-hydrogen) atoms. The van der Waals surface area contributed by atoms with Gasteiger partial charge in [0.1, 0.15) is 18.5 Å². The Bertz CT molecular complexity index is 688. The van der Waals surface area contributed by atoms with Gasteiger partial charge in [0.15, 0.2) is 0 Å². The molecule has 2 aliphatic heterocycles. The Labute approximate surface area is 139 Å². The first kappa shape index (κ1) is 15.2. The van der Waals surface area contributed by atoms with Crippen molar-refractivity contribution in [3.05, 3.63) is 36.7 Å². The van der Waals surface area contributed by atoms with Crippen LogP contribution in [0.4, 0.5) is 21.7 Å². The number of hydrogen-bond donors (Lipinski definition) is 1. The maximum atomic E-state index is 14.5. The topological polar surface area (TPSA) is 66.4 Å². The highest BCUT2D eigenvalue weighted by atomic mass is 19.1. The molecule has 2 aliphatic rings. The molecule has 126 valence electrons. The highest BCUT2D eigenvalue weighted by molar-refractivity contribution is 5.60. The molecule has 2 saturated heterocycles. The maximum absolute atomic E-state index is 14.5. The molecule has 0 bridgehead atoms. The van der Waals surface area contributed by atoms with E-state index in [1.165, 1.54) is 18.7 Å². The number of rotatable bonds is 4. The number of nitrogens with one attached hydrogen (secondary N) is 1. The van der Waals surface area contributed by atoms with Gasteiger partial charge in [-0.15, -0.1) is 0 Å². The minimum Gasteiger partial charge on any atom is -0.378 e. The summed E-state index contributed by atoms with van der Waals surface area (Å²) in [4.78, 5) is 16.2. The van der Waals surface area contributed by atoms with Crippen molar-refractivity contribution in [2.45, 2.75) is 6.04 Å². The Morgan fingerprint density at radius 1 is 1.08 bits per heavy atom. The minimum absolute atomic E-state index is 0.241. The summed E-state index contributed by atoms with van der Waals surface area (Å²) in [6.45, 7) is 5.19. The number of ether oxygens (including phenoxy) is 1. The zero-order chi connectivity index (χ0) is 16.4. The van der Waals surface area contributed by atoms with Crippen molar-refractivity contribution in [2.24, 2.45) is 0 Å². The van der Waals surface area contributed by atoms with Crippen LogP contribution in [0.15, 0.2) is 30.9 Å². The number of halogens is 1. The van der Waals surface area contributed by atoms with Gasteiger partial charge in [-0.05, 0) is 18.2 Å². The predicted molar refractivity (Wildman–Crippen MR) is 87.9 cm³/mol. The summed E-state index contributed by atoms with van der Waals surface area (Å²) in [5, 5.41) is 2.97. The highest BCUT2D eigenvalue weighted by Crippen LogP contribution is 2.25. The predicted octanol–water partition coefficient (Wildman–Crippen LogP) is 1.28.